The van der Waals surface area contributed by atoms with Crippen molar-refractivity contribution < 1.29 is 18.0 Å². The van der Waals surface area contributed by atoms with Crippen LogP contribution in [0.25, 0.3) is 0 Å². The van der Waals surface area contributed by atoms with Gasteiger partial charge in [-0.25, -0.2) is 0 Å². The van der Waals surface area contributed by atoms with Crippen molar-refractivity contribution in [1.29, 1.82) is 0 Å². The van der Waals surface area contributed by atoms with Gasteiger partial charge < -0.3 is 5.32 Å². The Balaban J connectivity index is 2.63. The first-order chi connectivity index (χ1) is 7.30. The topological polar surface area (TPSA) is 29.1 Å². The molecule has 0 spiro atoms. The monoisotopic (exact) mass is 249 g/mol. The molecule has 0 aliphatic carbocycles. The molecule has 1 aliphatic rings. The molecular weight excluding hydrogens is 243 g/mol. The fourth-order valence-corrected chi connectivity index (χ4v) is 1.99. The van der Waals surface area contributed by atoms with Crippen molar-refractivity contribution in [2.75, 3.05) is 0 Å². The summed E-state index contributed by atoms with van der Waals surface area (Å²) < 4.78 is 37.7. The smallest absolute Gasteiger partial charge is 0.345 e. The minimum absolute atomic E-state index is 0.213. The van der Waals surface area contributed by atoms with Gasteiger partial charge in [0, 0.05) is 5.56 Å². The maximum Gasteiger partial charge on any atom is 0.417 e. The molecule has 0 fully saturated rings. The van der Waals surface area contributed by atoms with Gasteiger partial charge in [0.2, 0.25) is 0 Å². The number of hydrogen-bond donors (Lipinski definition) is 1. The summed E-state index contributed by atoms with van der Waals surface area (Å²) >= 11 is 5.51. The van der Waals surface area contributed by atoms with Gasteiger partial charge in [0.05, 0.1) is 16.6 Å². The number of carbonyl (C=O) groups is 1. The lowest BCUT2D eigenvalue weighted by atomic mass is 10.0. The minimum atomic E-state index is -4.50. The zero-order valence-electron chi connectivity index (χ0n) is 8.15. The number of fused-ring (bicyclic) bond motifs is 1. The number of alkyl halides is 3. The molecular formula is C10H7ClF3NO. The third-order valence-corrected chi connectivity index (χ3v) is 2.82. The second-order valence-corrected chi connectivity index (χ2v) is 4.02. The summed E-state index contributed by atoms with van der Waals surface area (Å²) in [5.74, 6) is -0.391. The molecule has 1 aliphatic heterocycles. The van der Waals surface area contributed by atoms with Crippen LogP contribution in [0.5, 0.6) is 0 Å². The average Bonchev–Trinajstić information content (AvgIpc) is 2.39. The van der Waals surface area contributed by atoms with E-state index in [0.29, 0.717) is 5.56 Å². The molecule has 16 heavy (non-hydrogen) atoms. The Hall–Kier alpha value is -1.23. The Morgan fingerprint density at radius 1 is 1.38 bits per heavy atom. The number of amides is 1. The van der Waals surface area contributed by atoms with Gasteiger partial charge >= 0.3 is 6.18 Å². The second-order valence-electron chi connectivity index (χ2n) is 3.61. The molecule has 2 rings (SSSR count). The van der Waals surface area contributed by atoms with Crippen LogP contribution in [0.4, 0.5) is 13.2 Å². The van der Waals surface area contributed by atoms with Crippen molar-refractivity contribution in [3.8, 4) is 0 Å². The van der Waals surface area contributed by atoms with Crippen molar-refractivity contribution in [3.63, 3.8) is 0 Å². The van der Waals surface area contributed by atoms with Crippen LogP contribution in [-0.2, 0) is 6.18 Å². The SMILES string of the molecule is CC1NC(=O)c2cc(Cl)c(C(F)(F)F)cc21. The maximum atomic E-state index is 12.6. The van der Waals surface area contributed by atoms with Gasteiger partial charge in [-0.15, -0.1) is 0 Å². The predicted molar refractivity (Wildman–Crippen MR) is 52.3 cm³/mol. The first-order valence-corrected chi connectivity index (χ1v) is 4.90. The number of carbonyl (C=O) groups excluding carboxylic acids is 1. The molecule has 0 bridgehead atoms. The van der Waals surface area contributed by atoms with E-state index in [-0.39, 0.29) is 5.56 Å². The summed E-state index contributed by atoms with van der Waals surface area (Å²) in [5.41, 5.74) is -0.358. The van der Waals surface area contributed by atoms with Crippen molar-refractivity contribution in [2.45, 2.75) is 19.1 Å². The van der Waals surface area contributed by atoms with E-state index in [0.717, 1.165) is 12.1 Å². The summed E-state index contributed by atoms with van der Waals surface area (Å²) in [7, 11) is 0. The van der Waals surface area contributed by atoms with Crippen molar-refractivity contribution >= 4 is 17.5 Å². The summed E-state index contributed by atoms with van der Waals surface area (Å²) in [6, 6.07) is 1.58. The highest BCUT2D eigenvalue weighted by molar-refractivity contribution is 6.32. The van der Waals surface area contributed by atoms with Gasteiger partial charge in [-0.3, -0.25) is 4.79 Å². The van der Waals surface area contributed by atoms with Gasteiger partial charge in [-0.2, -0.15) is 13.2 Å². The second kappa shape index (κ2) is 3.38. The molecule has 1 N–H and O–H groups in total. The minimum Gasteiger partial charge on any atom is -0.345 e. The fraction of sp³-hybridized carbons (Fsp3) is 0.300. The van der Waals surface area contributed by atoms with Gasteiger partial charge in [0.15, 0.2) is 0 Å². The first-order valence-electron chi connectivity index (χ1n) is 4.52. The Morgan fingerprint density at radius 3 is 2.56 bits per heavy atom. The van der Waals surface area contributed by atoms with Crippen LogP contribution in [0, 0.1) is 0 Å². The van der Waals surface area contributed by atoms with Gasteiger partial charge in [-0.1, -0.05) is 11.6 Å². The van der Waals surface area contributed by atoms with E-state index >= 15 is 0 Å². The van der Waals surface area contributed by atoms with Crippen LogP contribution in [0.2, 0.25) is 5.02 Å². The number of nitrogens with one attached hydrogen (secondary N) is 1. The van der Waals surface area contributed by atoms with Crippen LogP contribution >= 0.6 is 11.6 Å². The molecule has 0 saturated carbocycles. The highest BCUT2D eigenvalue weighted by Gasteiger charge is 2.36. The van der Waals surface area contributed by atoms with Crippen LogP contribution in [0.1, 0.15) is 34.5 Å². The third kappa shape index (κ3) is 1.65. The van der Waals surface area contributed by atoms with E-state index in [1.54, 1.807) is 6.92 Å². The standard InChI is InChI=1S/C10H7ClF3NO/c1-4-5-2-7(10(12,13)14)8(11)3-6(5)9(16)15-4/h2-4H,1H3,(H,15,16). The number of rotatable bonds is 0. The molecule has 0 aromatic heterocycles. The predicted octanol–water partition coefficient (Wildman–Crippen LogP) is 3.16. The van der Waals surface area contributed by atoms with Crippen LogP contribution in [-0.4, -0.2) is 5.91 Å². The van der Waals surface area contributed by atoms with Crippen LogP contribution < -0.4 is 5.32 Å². The molecule has 0 radical (unpaired) electrons. The summed E-state index contributed by atoms with van der Waals surface area (Å²) in [6.07, 6.45) is -4.50. The Morgan fingerprint density at radius 2 is 2.00 bits per heavy atom. The lowest BCUT2D eigenvalue weighted by Crippen LogP contribution is -2.16. The van der Waals surface area contributed by atoms with Crippen molar-refractivity contribution in [3.05, 3.63) is 33.8 Å². The van der Waals surface area contributed by atoms with E-state index in [1.807, 2.05) is 0 Å². The fourth-order valence-electron chi connectivity index (χ4n) is 1.71. The Bertz CT molecular complexity index is 470. The quantitative estimate of drug-likeness (QED) is 0.752. The molecule has 0 saturated heterocycles. The Kier molecular flexibility index (Phi) is 2.38. The van der Waals surface area contributed by atoms with E-state index < -0.39 is 28.7 Å². The normalized spacial score (nSPS) is 19.6. The molecule has 1 amide bonds. The molecule has 1 unspecified atom stereocenters. The molecule has 6 heteroatoms. The highest BCUT2D eigenvalue weighted by Crippen LogP contribution is 2.39. The first kappa shape index (κ1) is 11.3. The van der Waals surface area contributed by atoms with Crippen LogP contribution in [0.3, 0.4) is 0 Å². The Labute approximate surface area is 94.4 Å². The van der Waals surface area contributed by atoms with E-state index in [4.69, 9.17) is 11.6 Å². The lowest BCUT2D eigenvalue weighted by Gasteiger charge is -2.11. The third-order valence-electron chi connectivity index (χ3n) is 2.50. The molecule has 86 valence electrons. The number of halogens is 4. The number of hydrogen-bond acceptors (Lipinski definition) is 1. The zero-order chi connectivity index (χ0) is 12.1. The average molecular weight is 250 g/mol. The van der Waals surface area contributed by atoms with Gasteiger partial charge in [0.25, 0.3) is 5.91 Å². The molecule has 1 aromatic rings. The number of benzene rings is 1. The van der Waals surface area contributed by atoms with E-state index in [1.165, 1.54) is 0 Å². The van der Waals surface area contributed by atoms with Crippen LogP contribution in [0.15, 0.2) is 12.1 Å². The maximum absolute atomic E-state index is 12.6. The molecule has 2 nitrogen and oxygen atoms in total. The molecule has 1 atom stereocenters. The molecule has 1 heterocycles. The van der Waals surface area contributed by atoms with Crippen molar-refractivity contribution in [2.24, 2.45) is 0 Å². The summed E-state index contributed by atoms with van der Waals surface area (Å²) in [4.78, 5) is 11.3. The lowest BCUT2D eigenvalue weighted by molar-refractivity contribution is -0.137. The largest absolute Gasteiger partial charge is 0.417 e. The highest BCUT2D eigenvalue weighted by atomic mass is 35.5. The molecule has 1 aromatic carbocycles. The van der Waals surface area contributed by atoms with Crippen molar-refractivity contribution in [1.82, 2.24) is 5.32 Å². The van der Waals surface area contributed by atoms with Gasteiger partial charge in [-0.05, 0) is 24.6 Å². The van der Waals surface area contributed by atoms with E-state index in [9.17, 15) is 18.0 Å². The van der Waals surface area contributed by atoms with E-state index in [2.05, 4.69) is 5.32 Å². The summed E-state index contributed by atoms with van der Waals surface area (Å²) in [6.45, 7) is 1.62. The summed E-state index contributed by atoms with van der Waals surface area (Å²) in [5, 5.41) is 2.07. The zero-order valence-corrected chi connectivity index (χ0v) is 8.91. The van der Waals surface area contributed by atoms with Gasteiger partial charge in [0.1, 0.15) is 0 Å².